The van der Waals surface area contributed by atoms with Gasteiger partial charge >= 0.3 is 6.18 Å². The van der Waals surface area contributed by atoms with E-state index in [2.05, 4.69) is 5.32 Å². The molecule has 1 atom stereocenters. The van der Waals surface area contributed by atoms with E-state index in [0.717, 1.165) is 10.9 Å². The minimum atomic E-state index is -4.30. The van der Waals surface area contributed by atoms with E-state index in [4.69, 9.17) is 0 Å². The van der Waals surface area contributed by atoms with Gasteiger partial charge in [0.05, 0.1) is 5.56 Å². The lowest BCUT2D eigenvalue weighted by Crippen LogP contribution is -2.20. The standard InChI is InChI=1S/C14H14F3NS/c1-10(13-7-4-8-19-13)18-9-11-5-2-3-6-12(11)14(15,16)17/h2-8,10,18H,9H2,1H3. The highest BCUT2D eigenvalue weighted by Gasteiger charge is 2.32. The van der Waals surface area contributed by atoms with Crippen LogP contribution in [0.5, 0.6) is 0 Å². The molecule has 0 saturated heterocycles. The normalized spacial score (nSPS) is 13.5. The predicted molar refractivity (Wildman–Crippen MR) is 71.0 cm³/mol. The molecule has 0 amide bonds. The van der Waals surface area contributed by atoms with Gasteiger partial charge in [0, 0.05) is 17.5 Å². The Labute approximate surface area is 114 Å². The zero-order valence-electron chi connectivity index (χ0n) is 10.4. The summed E-state index contributed by atoms with van der Waals surface area (Å²) >= 11 is 1.59. The zero-order chi connectivity index (χ0) is 13.9. The van der Waals surface area contributed by atoms with Gasteiger partial charge in [-0.25, -0.2) is 0 Å². The smallest absolute Gasteiger partial charge is 0.305 e. The van der Waals surface area contributed by atoms with Crippen molar-refractivity contribution >= 4 is 11.3 Å². The fourth-order valence-corrected chi connectivity index (χ4v) is 2.61. The van der Waals surface area contributed by atoms with Crippen LogP contribution in [0.4, 0.5) is 13.2 Å². The third-order valence-electron chi connectivity index (χ3n) is 2.89. The Morgan fingerprint density at radius 1 is 1.16 bits per heavy atom. The van der Waals surface area contributed by atoms with Crippen LogP contribution in [0.1, 0.15) is 29.0 Å². The number of hydrogen-bond acceptors (Lipinski definition) is 2. The predicted octanol–water partition coefficient (Wildman–Crippen LogP) is 4.62. The summed E-state index contributed by atoms with van der Waals surface area (Å²) < 4.78 is 38.5. The maximum atomic E-state index is 12.8. The first-order valence-corrected chi connectivity index (χ1v) is 6.78. The molecule has 1 heterocycles. The second-order valence-electron chi connectivity index (χ2n) is 4.27. The minimum Gasteiger partial charge on any atom is -0.305 e. The van der Waals surface area contributed by atoms with Crippen LogP contribution < -0.4 is 5.32 Å². The maximum Gasteiger partial charge on any atom is 0.416 e. The van der Waals surface area contributed by atoms with Crippen LogP contribution in [-0.2, 0) is 12.7 Å². The Kier molecular flexibility index (Phi) is 4.27. The highest BCUT2D eigenvalue weighted by molar-refractivity contribution is 7.10. The molecule has 0 aliphatic heterocycles. The Morgan fingerprint density at radius 2 is 1.89 bits per heavy atom. The molecule has 1 unspecified atom stereocenters. The summed E-state index contributed by atoms with van der Waals surface area (Å²) in [5.74, 6) is 0. The maximum absolute atomic E-state index is 12.8. The monoisotopic (exact) mass is 285 g/mol. The fourth-order valence-electron chi connectivity index (χ4n) is 1.85. The van der Waals surface area contributed by atoms with Crippen LogP contribution in [0.3, 0.4) is 0 Å². The van der Waals surface area contributed by atoms with E-state index in [0.29, 0.717) is 0 Å². The Bertz CT molecular complexity index is 520. The summed E-state index contributed by atoms with van der Waals surface area (Å²) in [5, 5.41) is 5.08. The molecule has 0 fully saturated rings. The van der Waals surface area contributed by atoms with Crippen molar-refractivity contribution in [2.45, 2.75) is 25.7 Å². The van der Waals surface area contributed by atoms with Gasteiger partial charge < -0.3 is 5.32 Å². The van der Waals surface area contributed by atoms with Crippen LogP contribution in [-0.4, -0.2) is 0 Å². The van der Waals surface area contributed by atoms with Gasteiger partial charge in [-0.2, -0.15) is 13.2 Å². The molecule has 1 N–H and O–H groups in total. The number of rotatable bonds is 4. The Hall–Kier alpha value is -1.33. The van der Waals surface area contributed by atoms with Crippen molar-refractivity contribution in [3.8, 4) is 0 Å². The molecular weight excluding hydrogens is 271 g/mol. The molecule has 5 heteroatoms. The van der Waals surface area contributed by atoms with Crippen LogP contribution >= 0.6 is 11.3 Å². The van der Waals surface area contributed by atoms with Gasteiger partial charge in [-0.05, 0) is 30.0 Å². The third-order valence-corrected chi connectivity index (χ3v) is 3.95. The van der Waals surface area contributed by atoms with Crippen LogP contribution in [0, 0.1) is 0 Å². The quantitative estimate of drug-likeness (QED) is 0.864. The lowest BCUT2D eigenvalue weighted by Gasteiger charge is -2.16. The molecule has 0 aliphatic carbocycles. The van der Waals surface area contributed by atoms with Gasteiger partial charge in [0.15, 0.2) is 0 Å². The van der Waals surface area contributed by atoms with Crippen LogP contribution in [0.15, 0.2) is 41.8 Å². The molecule has 1 aromatic heterocycles. The molecule has 1 nitrogen and oxygen atoms in total. The highest BCUT2D eigenvalue weighted by atomic mass is 32.1. The van der Waals surface area contributed by atoms with E-state index in [-0.39, 0.29) is 18.2 Å². The van der Waals surface area contributed by atoms with Gasteiger partial charge in [0.1, 0.15) is 0 Å². The molecule has 0 spiro atoms. The average Bonchev–Trinajstić information content (AvgIpc) is 2.89. The van der Waals surface area contributed by atoms with E-state index < -0.39 is 11.7 Å². The number of benzene rings is 1. The second kappa shape index (κ2) is 5.75. The number of halogens is 3. The third kappa shape index (κ3) is 3.58. The van der Waals surface area contributed by atoms with Gasteiger partial charge in [0.25, 0.3) is 0 Å². The average molecular weight is 285 g/mol. The van der Waals surface area contributed by atoms with Crippen LogP contribution in [0.2, 0.25) is 0 Å². The number of hydrogen-bond donors (Lipinski definition) is 1. The van der Waals surface area contributed by atoms with E-state index in [1.807, 2.05) is 24.4 Å². The van der Waals surface area contributed by atoms with Crippen molar-refractivity contribution < 1.29 is 13.2 Å². The molecule has 2 rings (SSSR count). The van der Waals surface area contributed by atoms with Crippen molar-refractivity contribution in [2.75, 3.05) is 0 Å². The van der Waals surface area contributed by atoms with E-state index >= 15 is 0 Å². The van der Waals surface area contributed by atoms with E-state index in [9.17, 15) is 13.2 Å². The number of nitrogens with one attached hydrogen (secondary N) is 1. The topological polar surface area (TPSA) is 12.0 Å². The molecule has 0 aliphatic rings. The Morgan fingerprint density at radius 3 is 2.53 bits per heavy atom. The first kappa shape index (κ1) is 14.1. The van der Waals surface area contributed by atoms with Crippen molar-refractivity contribution in [2.24, 2.45) is 0 Å². The summed E-state index contributed by atoms with van der Waals surface area (Å²) in [4.78, 5) is 1.12. The molecule has 0 bridgehead atoms. The van der Waals surface area contributed by atoms with E-state index in [1.165, 1.54) is 12.1 Å². The second-order valence-corrected chi connectivity index (χ2v) is 5.25. The van der Waals surface area contributed by atoms with Gasteiger partial charge in [-0.3, -0.25) is 0 Å². The van der Waals surface area contributed by atoms with Crippen molar-refractivity contribution in [1.82, 2.24) is 5.32 Å². The first-order chi connectivity index (χ1) is 8.98. The number of thiophene rings is 1. The lowest BCUT2D eigenvalue weighted by molar-refractivity contribution is -0.138. The molecule has 102 valence electrons. The van der Waals surface area contributed by atoms with Crippen molar-refractivity contribution in [1.29, 1.82) is 0 Å². The summed E-state index contributed by atoms with van der Waals surface area (Å²) in [6.45, 7) is 2.15. The summed E-state index contributed by atoms with van der Waals surface area (Å²) in [6, 6.07) is 9.61. The molecule has 1 aromatic carbocycles. The summed E-state index contributed by atoms with van der Waals surface area (Å²) in [5.41, 5.74) is -0.292. The van der Waals surface area contributed by atoms with Gasteiger partial charge in [-0.1, -0.05) is 24.3 Å². The largest absolute Gasteiger partial charge is 0.416 e. The molecule has 19 heavy (non-hydrogen) atoms. The number of alkyl halides is 3. The highest BCUT2D eigenvalue weighted by Crippen LogP contribution is 2.32. The van der Waals surface area contributed by atoms with Gasteiger partial charge in [-0.15, -0.1) is 11.3 Å². The Balaban J connectivity index is 2.08. The lowest BCUT2D eigenvalue weighted by atomic mass is 10.1. The van der Waals surface area contributed by atoms with Gasteiger partial charge in [0.2, 0.25) is 0 Å². The SMILES string of the molecule is CC(NCc1ccccc1C(F)(F)F)c1cccs1. The molecule has 2 aromatic rings. The zero-order valence-corrected chi connectivity index (χ0v) is 11.2. The van der Waals surface area contributed by atoms with E-state index in [1.54, 1.807) is 17.4 Å². The summed E-state index contributed by atoms with van der Waals surface area (Å²) in [7, 11) is 0. The van der Waals surface area contributed by atoms with Crippen molar-refractivity contribution in [3.05, 3.63) is 57.8 Å². The first-order valence-electron chi connectivity index (χ1n) is 5.90. The molecular formula is C14H14F3NS. The summed E-state index contributed by atoms with van der Waals surface area (Å²) in [6.07, 6.45) is -4.30. The van der Waals surface area contributed by atoms with Crippen LogP contribution in [0.25, 0.3) is 0 Å². The minimum absolute atomic E-state index is 0.0429. The molecule has 0 radical (unpaired) electrons. The molecule has 0 saturated carbocycles. The van der Waals surface area contributed by atoms with Crippen molar-refractivity contribution in [3.63, 3.8) is 0 Å². The fraction of sp³-hybridized carbons (Fsp3) is 0.286.